The fourth-order valence-corrected chi connectivity index (χ4v) is 1.82. The molecule has 2 rings (SSSR count). The van der Waals surface area contributed by atoms with E-state index < -0.39 is 0 Å². The van der Waals surface area contributed by atoms with Gasteiger partial charge in [-0.2, -0.15) is 5.10 Å². The Kier molecular flexibility index (Phi) is 5.13. The topological polar surface area (TPSA) is 78.0 Å². The standard InChI is InChI=1S/C16H17N3O2/c1-12-5-6-14(4-2-3-7-20)15(8-12)16(21)17-9-13-10-18-19-11-13/h5-6,8,10-11,20H,3,7,9H2,1H3,(H,17,21)(H,18,19). The normalized spacial score (nSPS) is 9.81. The number of aromatic amines is 1. The van der Waals surface area contributed by atoms with Gasteiger partial charge >= 0.3 is 0 Å². The van der Waals surface area contributed by atoms with Crippen LogP contribution in [-0.2, 0) is 6.54 Å². The van der Waals surface area contributed by atoms with E-state index in [4.69, 9.17) is 5.11 Å². The third-order valence-corrected chi connectivity index (χ3v) is 2.89. The lowest BCUT2D eigenvalue weighted by Crippen LogP contribution is -2.23. The van der Waals surface area contributed by atoms with Crippen molar-refractivity contribution in [2.75, 3.05) is 6.61 Å². The van der Waals surface area contributed by atoms with Crippen molar-refractivity contribution in [3.05, 3.63) is 52.8 Å². The number of hydrogen-bond acceptors (Lipinski definition) is 3. The number of H-pyrrole nitrogens is 1. The summed E-state index contributed by atoms with van der Waals surface area (Å²) in [7, 11) is 0. The highest BCUT2D eigenvalue weighted by Gasteiger charge is 2.10. The maximum absolute atomic E-state index is 12.3. The van der Waals surface area contributed by atoms with Crippen molar-refractivity contribution in [3.63, 3.8) is 0 Å². The minimum atomic E-state index is -0.173. The van der Waals surface area contributed by atoms with E-state index in [0.29, 0.717) is 24.1 Å². The van der Waals surface area contributed by atoms with E-state index in [-0.39, 0.29) is 12.5 Å². The SMILES string of the molecule is Cc1ccc(C#CCCO)c(C(=O)NCc2cn[nH]c2)c1. The molecule has 1 heterocycles. The molecule has 1 aromatic heterocycles. The van der Waals surface area contributed by atoms with Crippen LogP contribution in [0.4, 0.5) is 0 Å². The van der Waals surface area contributed by atoms with Gasteiger partial charge in [-0.3, -0.25) is 9.89 Å². The Balaban J connectivity index is 2.15. The maximum Gasteiger partial charge on any atom is 0.252 e. The van der Waals surface area contributed by atoms with Gasteiger partial charge in [-0.25, -0.2) is 0 Å². The lowest BCUT2D eigenvalue weighted by atomic mass is 10.0. The molecular weight excluding hydrogens is 266 g/mol. The third kappa shape index (κ3) is 4.20. The Hall–Kier alpha value is -2.58. The van der Waals surface area contributed by atoms with E-state index in [0.717, 1.165) is 11.1 Å². The van der Waals surface area contributed by atoms with Crippen LogP contribution in [0, 0.1) is 18.8 Å². The summed E-state index contributed by atoms with van der Waals surface area (Å²) in [6.07, 6.45) is 3.79. The van der Waals surface area contributed by atoms with Gasteiger partial charge in [-0.05, 0) is 19.1 Å². The molecule has 5 nitrogen and oxygen atoms in total. The Morgan fingerprint density at radius 3 is 3.05 bits per heavy atom. The molecule has 0 bridgehead atoms. The number of hydrogen-bond donors (Lipinski definition) is 3. The molecule has 0 saturated carbocycles. The monoisotopic (exact) mass is 283 g/mol. The third-order valence-electron chi connectivity index (χ3n) is 2.89. The zero-order chi connectivity index (χ0) is 15.1. The molecule has 0 aliphatic rings. The Labute approximate surface area is 123 Å². The fourth-order valence-electron chi connectivity index (χ4n) is 1.82. The van der Waals surface area contributed by atoms with Gasteiger partial charge in [-0.15, -0.1) is 0 Å². The minimum Gasteiger partial charge on any atom is -0.395 e. The second kappa shape index (κ2) is 7.27. The molecule has 21 heavy (non-hydrogen) atoms. The largest absolute Gasteiger partial charge is 0.395 e. The van der Waals surface area contributed by atoms with Gasteiger partial charge in [0.25, 0.3) is 5.91 Å². The smallest absolute Gasteiger partial charge is 0.252 e. The Morgan fingerprint density at radius 2 is 2.33 bits per heavy atom. The van der Waals surface area contributed by atoms with Crippen LogP contribution in [0.3, 0.4) is 0 Å². The van der Waals surface area contributed by atoms with Crippen molar-refractivity contribution in [1.82, 2.24) is 15.5 Å². The number of nitrogens with zero attached hydrogens (tertiary/aromatic N) is 1. The van der Waals surface area contributed by atoms with Crippen LogP contribution in [0.2, 0.25) is 0 Å². The van der Waals surface area contributed by atoms with Crippen LogP contribution in [-0.4, -0.2) is 27.8 Å². The summed E-state index contributed by atoms with van der Waals surface area (Å²) in [5, 5.41) is 18.1. The van der Waals surface area contributed by atoms with Crippen molar-refractivity contribution in [3.8, 4) is 11.8 Å². The van der Waals surface area contributed by atoms with Crippen LogP contribution in [0.1, 0.15) is 33.5 Å². The molecule has 0 saturated heterocycles. The summed E-state index contributed by atoms with van der Waals surface area (Å²) in [5.74, 6) is 5.59. The first-order valence-electron chi connectivity index (χ1n) is 6.67. The molecule has 0 aliphatic carbocycles. The van der Waals surface area contributed by atoms with Crippen molar-refractivity contribution in [2.24, 2.45) is 0 Å². The van der Waals surface area contributed by atoms with Crippen LogP contribution in [0.25, 0.3) is 0 Å². The lowest BCUT2D eigenvalue weighted by molar-refractivity contribution is 0.0950. The highest BCUT2D eigenvalue weighted by molar-refractivity contribution is 5.96. The van der Waals surface area contributed by atoms with Gasteiger partial charge in [0.1, 0.15) is 0 Å². The van der Waals surface area contributed by atoms with Gasteiger partial charge in [0.15, 0.2) is 0 Å². The lowest BCUT2D eigenvalue weighted by Gasteiger charge is -2.07. The molecule has 2 aromatic rings. The van der Waals surface area contributed by atoms with Crippen molar-refractivity contribution in [1.29, 1.82) is 0 Å². The first-order chi connectivity index (χ1) is 10.2. The first-order valence-corrected chi connectivity index (χ1v) is 6.67. The summed E-state index contributed by atoms with van der Waals surface area (Å²) in [4.78, 5) is 12.3. The second-order valence-corrected chi connectivity index (χ2v) is 4.61. The number of amides is 1. The van der Waals surface area contributed by atoms with Crippen molar-refractivity contribution >= 4 is 5.91 Å². The Morgan fingerprint density at radius 1 is 1.48 bits per heavy atom. The minimum absolute atomic E-state index is 0.0148. The van der Waals surface area contributed by atoms with Crippen molar-refractivity contribution < 1.29 is 9.90 Å². The quantitative estimate of drug-likeness (QED) is 0.742. The molecule has 0 fully saturated rings. The predicted molar refractivity (Wildman–Crippen MR) is 79.5 cm³/mol. The van der Waals surface area contributed by atoms with Gasteiger partial charge in [-0.1, -0.05) is 23.5 Å². The van der Waals surface area contributed by atoms with E-state index in [2.05, 4.69) is 27.4 Å². The predicted octanol–water partition coefficient (Wildman–Crippen LogP) is 1.38. The number of aliphatic hydroxyl groups is 1. The number of aliphatic hydroxyl groups excluding tert-OH is 1. The maximum atomic E-state index is 12.3. The fraction of sp³-hybridized carbons (Fsp3) is 0.250. The number of rotatable bonds is 4. The summed E-state index contributed by atoms with van der Waals surface area (Å²) in [6.45, 7) is 2.35. The zero-order valence-corrected chi connectivity index (χ0v) is 11.8. The van der Waals surface area contributed by atoms with Gasteiger partial charge in [0.2, 0.25) is 0 Å². The second-order valence-electron chi connectivity index (χ2n) is 4.61. The summed E-state index contributed by atoms with van der Waals surface area (Å²) < 4.78 is 0. The van der Waals surface area contributed by atoms with Crippen LogP contribution in [0.5, 0.6) is 0 Å². The van der Waals surface area contributed by atoms with Gasteiger partial charge in [0, 0.05) is 30.3 Å². The Bertz CT molecular complexity index is 667. The summed E-state index contributed by atoms with van der Waals surface area (Å²) >= 11 is 0. The highest BCUT2D eigenvalue weighted by Crippen LogP contribution is 2.11. The van der Waals surface area contributed by atoms with E-state index in [1.54, 1.807) is 12.4 Å². The molecule has 0 spiro atoms. The number of carbonyl (C=O) groups is 1. The first kappa shape index (κ1) is 14.8. The van der Waals surface area contributed by atoms with Gasteiger partial charge < -0.3 is 10.4 Å². The molecule has 0 aliphatic heterocycles. The van der Waals surface area contributed by atoms with E-state index in [9.17, 15) is 4.79 Å². The number of aromatic nitrogens is 2. The van der Waals surface area contributed by atoms with Crippen molar-refractivity contribution in [2.45, 2.75) is 19.9 Å². The molecule has 0 atom stereocenters. The molecule has 5 heteroatoms. The summed E-state index contributed by atoms with van der Waals surface area (Å²) in [6, 6.07) is 5.55. The molecule has 1 amide bonds. The van der Waals surface area contributed by atoms with Crippen LogP contribution < -0.4 is 5.32 Å². The molecule has 3 N–H and O–H groups in total. The number of carbonyl (C=O) groups excluding carboxylic acids is 1. The molecule has 0 unspecified atom stereocenters. The number of nitrogens with one attached hydrogen (secondary N) is 2. The number of aryl methyl sites for hydroxylation is 1. The van der Waals surface area contributed by atoms with Gasteiger partial charge in [0.05, 0.1) is 18.4 Å². The van der Waals surface area contributed by atoms with Crippen LogP contribution in [0.15, 0.2) is 30.6 Å². The highest BCUT2D eigenvalue weighted by atomic mass is 16.2. The van der Waals surface area contributed by atoms with E-state index in [1.165, 1.54) is 0 Å². The average molecular weight is 283 g/mol. The van der Waals surface area contributed by atoms with Crippen LogP contribution >= 0.6 is 0 Å². The molecule has 108 valence electrons. The number of benzene rings is 1. The molecule has 1 aromatic carbocycles. The van der Waals surface area contributed by atoms with E-state index >= 15 is 0 Å². The molecule has 0 radical (unpaired) electrons. The van der Waals surface area contributed by atoms with E-state index in [1.807, 2.05) is 25.1 Å². The average Bonchev–Trinajstić information content (AvgIpc) is 3.00. The zero-order valence-electron chi connectivity index (χ0n) is 11.8. The molecular formula is C16H17N3O2. The summed E-state index contributed by atoms with van der Waals surface area (Å²) in [5.41, 5.74) is 3.11.